The van der Waals surface area contributed by atoms with E-state index in [0.29, 0.717) is 12.0 Å². The van der Waals surface area contributed by atoms with Gasteiger partial charge in [-0.1, -0.05) is 73.5 Å². The summed E-state index contributed by atoms with van der Waals surface area (Å²) in [7, 11) is 0. The molecule has 2 atom stereocenters. The molecule has 0 amide bonds. The minimum absolute atomic E-state index is 0.358. The van der Waals surface area contributed by atoms with Crippen LogP contribution < -0.4 is 10.5 Å². The lowest BCUT2D eigenvalue weighted by Crippen LogP contribution is -2.39. The Hall–Kier alpha value is -1.36. The second-order valence-electron chi connectivity index (χ2n) is 6.66. The highest BCUT2D eigenvalue weighted by Gasteiger charge is 2.30. The number of thioether (sulfide) groups is 1. The molecule has 0 saturated heterocycles. The van der Waals surface area contributed by atoms with Crippen molar-refractivity contribution in [3.05, 3.63) is 70.8 Å². The highest BCUT2D eigenvalue weighted by Crippen LogP contribution is 2.36. The second kappa shape index (κ2) is 9.54. The van der Waals surface area contributed by atoms with E-state index in [1.165, 1.54) is 21.6 Å². The summed E-state index contributed by atoms with van der Waals surface area (Å²) >= 11 is 3.62. The topological polar surface area (TPSA) is 38.0 Å². The molecule has 0 saturated carbocycles. The molecule has 2 aromatic carbocycles. The average Bonchev–Trinajstić information content (AvgIpc) is 2.68. The van der Waals surface area contributed by atoms with E-state index < -0.39 is 0 Å². The maximum absolute atomic E-state index is 6.64. The van der Waals surface area contributed by atoms with E-state index in [1.54, 1.807) is 11.9 Å². The van der Waals surface area contributed by atoms with Crippen LogP contribution in [0, 0.1) is 5.92 Å². The van der Waals surface area contributed by atoms with Gasteiger partial charge in [-0.3, -0.25) is 4.72 Å². The third-order valence-corrected chi connectivity index (χ3v) is 6.58. The van der Waals surface area contributed by atoms with E-state index in [4.69, 9.17) is 5.73 Å². The molecular formula is C22H28N2S2. The zero-order valence-corrected chi connectivity index (χ0v) is 17.2. The molecule has 138 valence electrons. The van der Waals surface area contributed by atoms with Crippen molar-refractivity contribution in [1.29, 1.82) is 0 Å². The fraction of sp³-hybridized carbons (Fsp3) is 0.364. The Kier molecular flexibility index (Phi) is 7.12. The van der Waals surface area contributed by atoms with Crippen LogP contribution >= 0.6 is 23.7 Å². The molecule has 0 aromatic heterocycles. The summed E-state index contributed by atoms with van der Waals surface area (Å²) in [5.74, 6) is 1.45. The van der Waals surface area contributed by atoms with Crippen LogP contribution in [0.1, 0.15) is 25.3 Å². The molecule has 0 heterocycles. The number of nitrogens with two attached hydrogens (primary N) is 1. The number of hydrogen-bond donors (Lipinski definition) is 2. The van der Waals surface area contributed by atoms with Gasteiger partial charge in [0.05, 0.1) is 0 Å². The van der Waals surface area contributed by atoms with E-state index in [0.717, 1.165) is 30.7 Å². The van der Waals surface area contributed by atoms with Gasteiger partial charge in [0.15, 0.2) is 0 Å². The van der Waals surface area contributed by atoms with Gasteiger partial charge < -0.3 is 5.73 Å². The van der Waals surface area contributed by atoms with E-state index in [9.17, 15) is 0 Å². The fourth-order valence-corrected chi connectivity index (χ4v) is 5.21. The first-order chi connectivity index (χ1) is 12.7. The molecule has 1 aliphatic carbocycles. The summed E-state index contributed by atoms with van der Waals surface area (Å²) < 4.78 is 3.59. The van der Waals surface area contributed by atoms with Gasteiger partial charge in [0.2, 0.25) is 0 Å². The van der Waals surface area contributed by atoms with Gasteiger partial charge in [0.1, 0.15) is 0 Å². The van der Waals surface area contributed by atoms with Crippen molar-refractivity contribution >= 4 is 23.7 Å². The van der Waals surface area contributed by atoms with Crippen LogP contribution in [0.2, 0.25) is 0 Å². The highest BCUT2D eigenvalue weighted by atomic mass is 32.2. The van der Waals surface area contributed by atoms with E-state index >= 15 is 0 Å². The lowest BCUT2D eigenvalue weighted by Gasteiger charge is -2.34. The molecule has 2 nitrogen and oxygen atoms in total. The Morgan fingerprint density at radius 1 is 1.08 bits per heavy atom. The number of allylic oxidation sites excluding steroid dienone is 1. The van der Waals surface area contributed by atoms with Crippen molar-refractivity contribution in [1.82, 2.24) is 4.72 Å². The van der Waals surface area contributed by atoms with Crippen molar-refractivity contribution in [3.8, 4) is 11.1 Å². The average molecular weight is 385 g/mol. The molecule has 2 unspecified atom stereocenters. The molecule has 3 rings (SSSR count). The molecule has 0 fully saturated rings. The second-order valence-corrected chi connectivity index (χ2v) is 8.66. The van der Waals surface area contributed by atoms with Crippen LogP contribution in [0.25, 0.3) is 11.1 Å². The molecule has 4 heteroatoms. The van der Waals surface area contributed by atoms with Crippen LogP contribution in [0.3, 0.4) is 0 Å². The quantitative estimate of drug-likeness (QED) is 0.621. The Balaban J connectivity index is 1.86. The molecule has 0 radical (unpaired) electrons. The SMILES string of the molecule is CCSC1=C(N)C(Cc2cccc(-c3ccccc3)c2)C(NSC)CC1. The minimum atomic E-state index is 0.358. The predicted octanol–water partition coefficient (Wildman–Crippen LogP) is 5.47. The van der Waals surface area contributed by atoms with E-state index in [2.05, 4.69) is 72.5 Å². The first-order valence-corrected chi connectivity index (χ1v) is 11.5. The largest absolute Gasteiger partial charge is 0.401 e. The minimum Gasteiger partial charge on any atom is -0.401 e. The lowest BCUT2D eigenvalue weighted by molar-refractivity contribution is 0.404. The molecule has 1 aliphatic rings. The van der Waals surface area contributed by atoms with Crippen molar-refractivity contribution in [2.24, 2.45) is 11.7 Å². The summed E-state index contributed by atoms with van der Waals surface area (Å²) in [5.41, 5.74) is 11.6. The normalized spacial score (nSPS) is 20.4. The maximum Gasteiger partial charge on any atom is 0.0261 e. The van der Waals surface area contributed by atoms with Crippen LogP contribution in [0.4, 0.5) is 0 Å². The Morgan fingerprint density at radius 3 is 2.58 bits per heavy atom. The number of hydrogen-bond acceptors (Lipinski definition) is 4. The molecule has 26 heavy (non-hydrogen) atoms. The van der Waals surface area contributed by atoms with Crippen molar-refractivity contribution in [2.75, 3.05) is 12.0 Å². The lowest BCUT2D eigenvalue weighted by atomic mass is 9.83. The van der Waals surface area contributed by atoms with Gasteiger partial charge in [-0.2, -0.15) is 0 Å². The first kappa shape index (κ1) is 19.4. The third-order valence-electron chi connectivity index (χ3n) is 4.97. The van der Waals surface area contributed by atoms with Gasteiger partial charge in [-0.05, 0) is 48.0 Å². The van der Waals surface area contributed by atoms with Crippen molar-refractivity contribution < 1.29 is 0 Å². The van der Waals surface area contributed by atoms with Gasteiger partial charge in [0.25, 0.3) is 0 Å². The molecule has 0 aliphatic heterocycles. The molecule has 3 N–H and O–H groups in total. The third kappa shape index (κ3) is 4.67. The number of benzene rings is 2. The van der Waals surface area contributed by atoms with Crippen LogP contribution in [-0.4, -0.2) is 18.1 Å². The standard InChI is InChI=1S/C22H28N2S2/c1-3-26-21-13-12-20(24-25-2)19(22(21)23)15-16-8-7-11-18(14-16)17-9-5-4-6-10-17/h4-11,14,19-20,24H,3,12-13,15,23H2,1-2H3. The van der Waals surface area contributed by atoms with Crippen molar-refractivity contribution in [2.45, 2.75) is 32.2 Å². The van der Waals surface area contributed by atoms with Crippen molar-refractivity contribution in [3.63, 3.8) is 0 Å². The summed E-state index contributed by atoms with van der Waals surface area (Å²) in [4.78, 5) is 1.40. The smallest absolute Gasteiger partial charge is 0.0261 e. The summed E-state index contributed by atoms with van der Waals surface area (Å²) in [6.45, 7) is 2.20. The predicted molar refractivity (Wildman–Crippen MR) is 118 cm³/mol. The summed E-state index contributed by atoms with van der Waals surface area (Å²) in [6.07, 6.45) is 5.35. The van der Waals surface area contributed by atoms with Gasteiger partial charge >= 0.3 is 0 Å². The van der Waals surface area contributed by atoms with E-state index in [1.807, 2.05) is 11.8 Å². The Bertz CT molecular complexity index is 743. The monoisotopic (exact) mass is 384 g/mol. The fourth-order valence-electron chi connectivity index (χ4n) is 3.69. The molecule has 0 spiro atoms. The van der Waals surface area contributed by atoms with E-state index in [-0.39, 0.29) is 0 Å². The number of nitrogens with one attached hydrogen (secondary N) is 1. The summed E-state index contributed by atoms with van der Waals surface area (Å²) in [6, 6.07) is 19.9. The van der Waals surface area contributed by atoms with Gasteiger partial charge in [-0.15, -0.1) is 11.8 Å². The first-order valence-electron chi connectivity index (χ1n) is 9.27. The van der Waals surface area contributed by atoms with Crippen LogP contribution in [0.5, 0.6) is 0 Å². The van der Waals surface area contributed by atoms with Gasteiger partial charge in [0, 0.05) is 22.6 Å². The van der Waals surface area contributed by atoms with Crippen LogP contribution in [-0.2, 0) is 6.42 Å². The molecule has 0 bridgehead atoms. The van der Waals surface area contributed by atoms with Gasteiger partial charge in [-0.25, -0.2) is 0 Å². The van der Waals surface area contributed by atoms with Crippen LogP contribution in [0.15, 0.2) is 65.2 Å². The molecular weight excluding hydrogens is 356 g/mol. The number of rotatable bonds is 7. The molecule has 2 aromatic rings. The summed E-state index contributed by atoms with van der Waals surface area (Å²) in [5, 5.41) is 0. The maximum atomic E-state index is 6.64. The zero-order chi connectivity index (χ0) is 18.4. The highest BCUT2D eigenvalue weighted by molar-refractivity contribution is 8.03. The Labute approximate surface area is 166 Å². The zero-order valence-electron chi connectivity index (χ0n) is 15.6. The Morgan fingerprint density at radius 2 is 1.85 bits per heavy atom.